The van der Waals surface area contributed by atoms with E-state index < -0.39 is 12.6 Å². The third-order valence-corrected chi connectivity index (χ3v) is 3.08. The molecular weight excluding hydrogens is 460 g/mol. The van der Waals surface area contributed by atoms with Crippen molar-refractivity contribution in [2.75, 3.05) is 26.7 Å². The van der Waals surface area contributed by atoms with Crippen LogP contribution in [0.1, 0.15) is 16.8 Å². The molecule has 10 heteroatoms. The van der Waals surface area contributed by atoms with Gasteiger partial charge in [-0.25, -0.2) is 0 Å². The van der Waals surface area contributed by atoms with E-state index in [1.54, 1.807) is 24.3 Å². The largest absolute Gasteiger partial charge is 0.390 e. The van der Waals surface area contributed by atoms with E-state index in [0.717, 1.165) is 0 Å². The lowest BCUT2D eigenvalue weighted by Gasteiger charge is -2.13. The number of benzene rings is 1. The predicted octanol–water partition coefficient (Wildman–Crippen LogP) is 2.81. The molecule has 1 aromatic rings. The van der Waals surface area contributed by atoms with Gasteiger partial charge in [0.15, 0.2) is 5.96 Å². The first-order valence-electron chi connectivity index (χ1n) is 6.87. The van der Waals surface area contributed by atoms with Crippen molar-refractivity contribution in [3.63, 3.8) is 0 Å². The molecule has 24 heavy (non-hydrogen) atoms. The van der Waals surface area contributed by atoms with Crippen molar-refractivity contribution in [1.82, 2.24) is 16.0 Å². The Labute approximate surface area is 160 Å². The quantitative estimate of drug-likeness (QED) is 0.255. The zero-order valence-electron chi connectivity index (χ0n) is 12.9. The monoisotopic (exact) mass is 478 g/mol. The minimum absolute atomic E-state index is 0. The maximum atomic E-state index is 12.0. The van der Waals surface area contributed by atoms with Gasteiger partial charge in [0.1, 0.15) is 0 Å². The van der Waals surface area contributed by atoms with Gasteiger partial charge in [-0.3, -0.25) is 9.79 Å². The fourth-order valence-corrected chi connectivity index (χ4v) is 1.86. The van der Waals surface area contributed by atoms with E-state index in [-0.39, 0.29) is 48.9 Å². The molecule has 0 aromatic heterocycles. The highest BCUT2D eigenvalue weighted by molar-refractivity contribution is 14.0. The highest BCUT2D eigenvalue weighted by Gasteiger charge is 2.26. The molecule has 1 aromatic carbocycles. The number of halogens is 5. The number of nitrogens with zero attached hydrogens (tertiary/aromatic N) is 1. The van der Waals surface area contributed by atoms with E-state index in [2.05, 4.69) is 20.9 Å². The molecule has 0 saturated carbocycles. The molecule has 0 aliphatic heterocycles. The number of hydrogen-bond acceptors (Lipinski definition) is 2. The molecule has 0 spiro atoms. The Balaban J connectivity index is 0.00000529. The Hall–Kier alpha value is -1.23. The molecule has 0 saturated heterocycles. The minimum Gasteiger partial charge on any atom is -0.356 e. The standard InChI is InChI=1S/C14H18ClF3N4O.HI/c1-19-13(21-7-6-14(16,17)18)22-9-8-20-12(23)10-4-2-3-5-11(10)15;/h2-5H,6-9H2,1H3,(H,20,23)(H2,19,21,22);1H. The average Bonchev–Trinajstić information content (AvgIpc) is 2.48. The second-order valence-electron chi connectivity index (χ2n) is 4.53. The van der Waals surface area contributed by atoms with Crippen LogP contribution in [-0.2, 0) is 0 Å². The number of alkyl halides is 3. The number of aliphatic imine (C=N–C) groups is 1. The van der Waals surface area contributed by atoms with Crippen molar-refractivity contribution in [1.29, 1.82) is 0 Å². The van der Waals surface area contributed by atoms with Gasteiger partial charge in [-0.05, 0) is 12.1 Å². The maximum absolute atomic E-state index is 12.0. The summed E-state index contributed by atoms with van der Waals surface area (Å²) >= 11 is 5.90. The Morgan fingerprint density at radius 2 is 1.71 bits per heavy atom. The number of nitrogens with one attached hydrogen (secondary N) is 3. The van der Waals surface area contributed by atoms with E-state index >= 15 is 0 Å². The molecule has 3 N–H and O–H groups in total. The summed E-state index contributed by atoms with van der Waals surface area (Å²) in [5.74, 6) is -0.0846. The van der Waals surface area contributed by atoms with Gasteiger partial charge in [-0.15, -0.1) is 24.0 Å². The van der Waals surface area contributed by atoms with Crippen molar-refractivity contribution in [2.45, 2.75) is 12.6 Å². The molecule has 0 atom stereocenters. The first-order chi connectivity index (χ1) is 10.8. The van der Waals surface area contributed by atoms with Gasteiger partial charge in [0.05, 0.1) is 17.0 Å². The van der Waals surface area contributed by atoms with E-state index in [4.69, 9.17) is 11.6 Å². The van der Waals surface area contributed by atoms with Crippen molar-refractivity contribution in [3.05, 3.63) is 34.9 Å². The molecule has 0 unspecified atom stereocenters. The number of carbonyl (C=O) groups excluding carboxylic acids is 1. The van der Waals surface area contributed by atoms with Crippen LogP contribution in [0.5, 0.6) is 0 Å². The summed E-state index contributed by atoms with van der Waals surface area (Å²) in [6, 6.07) is 6.63. The molecule has 0 fully saturated rings. The van der Waals surface area contributed by atoms with Crippen LogP contribution < -0.4 is 16.0 Å². The van der Waals surface area contributed by atoms with Crippen molar-refractivity contribution >= 4 is 47.4 Å². The first kappa shape index (κ1) is 22.8. The molecule has 0 aliphatic carbocycles. The molecule has 0 heterocycles. The third kappa shape index (κ3) is 9.16. The number of guanidine groups is 1. The summed E-state index contributed by atoms with van der Waals surface area (Å²) in [4.78, 5) is 15.7. The molecule has 136 valence electrons. The zero-order valence-corrected chi connectivity index (χ0v) is 16.0. The average molecular weight is 479 g/mol. The Morgan fingerprint density at radius 3 is 2.29 bits per heavy atom. The topological polar surface area (TPSA) is 65.5 Å². The van der Waals surface area contributed by atoms with Crippen molar-refractivity contribution < 1.29 is 18.0 Å². The normalized spacial score (nSPS) is 11.5. The van der Waals surface area contributed by atoms with E-state index in [1.165, 1.54) is 7.05 Å². The fraction of sp³-hybridized carbons (Fsp3) is 0.429. The Morgan fingerprint density at radius 1 is 1.12 bits per heavy atom. The van der Waals surface area contributed by atoms with Crippen LogP contribution in [0.25, 0.3) is 0 Å². The van der Waals surface area contributed by atoms with Crippen LogP contribution in [-0.4, -0.2) is 44.7 Å². The molecule has 0 bridgehead atoms. The summed E-state index contributed by atoms with van der Waals surface area (Å²) < 4.78 is 36.1. The van der Waals surface area contributed by atoms with E-state index in [0.29, 0.717) is 17.1 Å². The molecule has 5 nitrogen and oxygen atoms in total. The maximum Gasteiger partial charge on any atom is 0.390 e. The number of carbonyl (C=O) groups is 1. The summed E-state index contributed by atoms with van der Waals surface area (Å²) in [6.07, 6.45) is -5.16. The third-order valence-electron chi connectivity index (χ3n) is 2.75. The molecule has 0 radical (unpaired) electrons. The van der Waals surface area contributed by atoms with Crippen LogP contribution in [0.4, 0.5) is 13.2 Å². The van der Waals surface area contributed by atoms with Crippen LogP contribution in [0.15, 0.2) is 29.3 Å². The molecule has 1 amide bonds. The smallest absolute Gasteiger partial charge is 0.356 e. The van der Waals surface area contributed by atoms with Gasteiger partial charge in [0.2, 0.25) is 0 Å². The van der Waals surface area contributed by atoms with Crippen molar-refractivity contribution in [2.24, 2.45) is 4.99 Å². The summed E-state index contributed by atoms with van der Waals surface area (Å²) in [5.41, 5.74) is 0.363. The van der Waals surface area contributed by atoms with Crippen LogP contribution >= 0.6 is 35.6 Å². The number of rotatable bonds is 6. The van der Waals surface area contributed by atoms with Gasteiger partial charge in [-0.2, -0.15) is 13.2 Å². The number of hydrogen-bond donors (Lipinski definition) is 3. The predicted molar refractivity (Wildman–Crippen MR) is 99.2 cm³/mol. The Kier molecular flexibility index (Phi) is 10.8. The summed E-state index contributed by atoms with van der Waals surface area (Å²) in [5, 5.41) is 8.34. The first-order valence-corrected chi connectivity index (χ1v) is 7.25. The van der Waals surface area contributed by atoms with Crippen LogP contribution in [0.3, 0.4) is 0 Å². The highest BCUT2D eigenvalue weighted by Crippen LogP contribution is 2.18. The second kappa shape index (κ2) is 11.3. The SMILES string of the molecule is CN=C(NCCNC(=O)c1ccccc1Cl)NCCC(F)(F)F.I. The van der Waals surface area contributed by atoms with Gasteiger partial charge in [-0.1, -0.05) is 23.7 Å². The highest BCUT2D eigenvalue weighted by atomic mass is 127. The lowest BCUT2D eigenvalue weighted by molar-refractivity contribution is -0.132. The molecular formula is C14H19ClF3IN4O. The van der Waals surface area contributed by atoms with Crippen LogP contribution in [0, 0.1) is 0 Å². The van der Waals surface area contributed by atoms with E-state index in [1.807, 2.05) is 0 Å². The minimum atomic E-state index is -4.21. The molecule has 1 rings (SSSR count). The van der Waals surface area contributed by atoms with Crippen LogP contribution in [0.2, 0.25) is 5.02 Å². The van der Waals surface area contributed by atoms with Gasteiger partial charge in [0.25, 0.3) is 5.91 Å². The van der Waals surface area contributed by atoms with E-state index in [9.17, 15) is 18.0 Å². The van der Waals surface area contributed by atoms with Gasteiger partial charge in [0, 0.05) is 26.7 Å². The molecule has 0 aliphatic rings. The van der Waals surface area contributed by atoms with Crippen molar-refractivity contribution in [3.8, 4) is 0 Å². The van der Waals surface area contributed by atoms with Gasteiger partial charge < -0.3 is 16.0 Å². The zero-order chi connectivity index (χ0) is 17.3. The Bertz CT molecular complexity index is 555. The van der Waals surface area contributed by atoms with Gasteiger partial charge >= 0.3 is 6.18 Å². The summed E-state index contributed by atoms with van der Waals surface area (Å²) in [7, 11) is 1.45. The fourth-order valence-electron chi connectivity index (χ4n) is 1.64. The lowest BCUT2D eigenvalue weighted by Crippen LogP contribution is -2.42. The lowest BCUT2D eigenvalue weighted by atomic mass is 10.2. The second-order valence-corrected chi connectivity index (χ2v) is 4.93. The number of amides is 1. The summed E-state index contributed by atoms with van der Waals surface area (Å²) in [6.45, 7) is 0.307.